The van der Waals surface area contributed by atoms with Crippen molar-refractivity contribution in [2.75, 3.05) is 19.7 Å². The second-order valence-corrected chi connectivity index (χ2v) is 8.06. The number of carboxylic acids is 1. The average Bonchev–Trinajstić information content (AvgIpc) is 3.09. The monoisotopic (exact) mass is 436 g/mol. The van der Waals surface area contributed by atoms with Gasteiger partial charge in [-0.25, -0.2) is 9.59 Å². The third-order valence-corrected chi connectivity index (χ3v) is 5.75. The molecule has 0 heterocycles. The van der Waals surface area contributed by atoms with Crippen LogP contribution in [-0.2, 0) is 14.3 Å². The molecule has 1 aliphatic rings. The minimum Gasteiger partial charge on any atom is -0.480 e. The van der Waals surface area contributed by atoms with E-state index in [-0.39, 0.29) is 25.6 Å². The van der Waals surface area contributed by atoms with Crippen molar-refractivity contribution in [2.45, 2.75) is 32.2 Å². The third kappa shape index (κ3) is 4.66. The van der Waals surface area contributed by atoms with Gasteiger partial charge in [-0.15, -0.1) is 0 Å². The van der Waals surface area contributed by atoms with Crippen LogP contribution in [0.25, 0.3) is 11.1 Å². The molecule has 1 aliphatic carbocycles. The smallest absolute Gasteiger partial charge is 0.407 e. The van der Waals surface area contributed by atoms with Crippen LogP contribution in [0.4, 0.5) is 4.79 Å². The number of ether oxygens (including phenoxy) is 1. The molecule has 0 radical (unpaired) electrons. The lowest BCUT2D eigenvalue weighted by molar-refractivity contribution is -0.154. The Hall–Kier alpha value is -3.61. The number of nitrogens with zero attached hydrogens (tertiary/aromatic N) is 1. The highest BCUT2D eigenvalue weighted by molar-refractivity contribution is 5.92. The van der Waals surface area contributed by atoms with Gasteiger partial charge < -0.3 is 20.1 Å². The predicted molar refractivity (Wildman–Crippen MR) is 121 cm³/mol. The zero-order valence-corrected chi connectivity index (χ0v) is 18.5. The van der Waals surface area contributed by atoms with Gasteiger partial charge in [-0.2, -0.15) is 0 Å². The Morgan fingerprint density at radius 3 is 2.16 bits per heavy atom. The van der Waals surface area contributed by atoms with E-state index in [0.29, 0.717) is 0 Å². The molecule has 2 N–H and O–H groups in total. The van der Waals surface area contributed by atoms with Gasteiger partial charge in [-0.3, -0.25) is 4.79 Å². The summed E-state index contributed by atoms with van der Waals surface area (Å²) in [6, 6.07) is 16.2. The van der Waals surface area contributed by atoms with E-state index >= 15 is 0 Å². The van der Waals surface area contributed by atoms with Crippen LogP contribution >= 0.6 is 0 Å². The van der Waals surface area contributed by atoms with Gasteiger partial charge in [0, 0.05) is 25.1 Å². The van der Waals surface area contributed by atoms with Crippen molar-refractivity contribution in [3.8, 4) is 11.1 Å². The van der Waals surface area contributed by atoms with Gasteiger partial charge in [0.15, 0.2) is 0 Å². The number of carboxylic acid groups (broad SMARTS) is 1. The van der Waals surface area contributed by atoms with Crippen LogP contribution in [0.2, 0.25) is 0 Å². The highest BCUT2D eigenvalue weighted by Gasteiger charge is 2.36. The summed E-state index contributed by atoms with van der Waals surface area (Å²) in [6.07, 6.45) is 2.16. The van der Waals surface area contributed by atoms with Crippen LogP contribution < -0.4 is 5.32 Å². The van der Waals surface area contributed by atoms with Crippen LogP contribution in [0.15, 0.2) is 60.7 Å². The van der Waals surface area contributed by atoms with Crippen molar-refractivity contribution in [1.82, 2.24) is 10.2 Å². The molecule has 7 heteroatoms. The van der Waals surface area contributed by atoms with Crippen LogP contribution in [0.1, 0.15) is 37.8 Å². The molecule has 2 amide bonds. The Balaban J connectivity index is 1.53. The molecule has 0 spiro atoms. The van der Waals surface area contributed by atoms with E-state index in [1.807, 2.05) is 36.4 Å². The fourth-order valence-corrected chi connectivity index (χ4v) is 3.98. The maximum absolute atomic E-state index is 12.3. The molecule has 0 saturated carbocycles. The van der Waals surface area contributed by atoms with Crippen molar-refractivity contribution >= 4 is 18.0 Å². The van der Waals surface area contributed by atoms with Crippen molar-refractivity contribution in [1.29, 1.82) is 0 Å². The zero-order chi connectivity index (χ0) is 23.3. The number of benzene rings is 2. The number of hydrogen-bond donors (Lipinski definition) is 2. The van der Waals surface area contributed by atoms with Crippen LogP contribution in [-0.4, -0.2) is 53.2 Å². The van der Waals surface area contributed by atoms with E-state index in [1.165, 1.54) is 30.9 Å². The molecule has 3 rings (SSSR count). The summed E-state index contributed by atoms with van der Waals surface area (Å²) in [4.78, 5) is 37.1. The lowest BCUT2D eigenvalue weighted by atomic mass is 9.98. The molecular formula is C25H28N2O5. The number of rotatable bonds is 8. The van der Waals surface area contributed by atoms with Gasteiger partial charge in [-0.05, 0) is 43.0 Å². The molecule has 2 aromatic carbocycles. The molecule has 168 valence electrons. The van der Waals surface area contributed by atoms with Crippen molar-refractivity contribution in [3.63, 3.8) is 0 Å². The Morgan fingerprint density at radius 2 is 1.62 bits per heavy atom. The van der Waals surface area contributed by atoms with E-state index in [4.69, 9.17) is 4.74 Å². The fraction of sp³-hybridized carbons (Fsp3) is 0.320. The number of carbonyl (C=O) groups excluding carboxylic acids is 2. The highest BCUT2D eigenvalue weighted by Crippen LogP contribution is 2.44. The number of hydrogen-bond acceptors (Lipinski definition) is 4. The Morgan fingerprint density at radius 1 is 1.06 bits per heavy atom. The molecule has 0 atom stereocenters. The summed E-state index contributed by atoms with van der Waals surface area (Å²) in [7, 11) is 0. The van der Waals surface area contributed by atoms with Gasteiger partial charge in [0.25, 0.3) is 0 Å². The SMILES string of the molecule is CCN(C(=O)/C=C/CNC(=O)OCC1c2ccccc2-c2ccccc21)C(C)(C)C(=O)O. The summed E-state index contributed by atoms with van der Waals surface area (Å²) in [6.45, 7) is 5.21. The molecule has 0 unspecified atom stereocenters. The molecule has 0 fully saturated rings. The number of fused-ring (bicyclic) bond motifs is 3. The molecule has 0 aromatic heterocycles. The molecule has 32 heavy (non-hydrogen) atoms. The summed E-state index contributed by atoms with van der Waals surface area (Å²) in [5.41, 5.74) is 3.25. The summed E-state index contributed by atoms with van der Waals surface area (Å²) < 4.78 is 5.44. The summed E-state index contributed by atoms with van der Waals surface area (Å²) in [5.74, 6) is -1.55. The first kappa shape index (κ1) is 23.1. The average molecular weight is 437 g/mol. The second-order valence-electron chi connectivity index (χ2n) is 8.06. The maximum atomic E-state index is 12.3. The Bertz CT molecular complexity index is 999. The molecule has 0 saturated heterocycles. The number of likely N-dealkylation sites (N-methyl/N-ethyl adjacent to an activating group) is 1. The quantitative estimate of drug-likeness (QED) is 0.614. The number of alkyl carbamates (subject to hydrolysis) is 1. The second kappa shape index (κ2) is 9.68. The maximum Gasteiger partial charge on any atom is 0.407 e. The molecular weight excluding hydrogens is 408 g/mol. The van der Waals surface area contributed by atoms with Gasteiger partial charge >= 0.3 is 12.1 Å². The van der Waals surface area contributed by atoms with Gasteiger partial charge in [0.2, 0.25) is 5.91 Å². The minimum absolute atomic E-state index is 0.0263. The first-order valence-electron chi connectivity index (χ1n) is 10.6. The summed E-state index contributed by atoms with van der Waals surface area (Å²) in [5, 5.41) is 11.9. The van der Waals surface area contributed by atoms with Crippen LogP contribution in [0.5, 0.6) is 0 Å². The van der Waals surface area contributed by atoms with E-state index in [9.17, 15) is 19.5 Å². The van der Waals surface area contributed by atoms with Gasteiger partial charge in [0.1, 0.15) is 12.1 Å². The molecule has 0 bridgehead atoms. The molecule has 0 aliphatic heterocycles. The zero-order valence-electron chi connectivity index (χ0n) is 18.5. The Labute approximate surface area is 187 Å². The number of nitrogens with one attached hydrogen (secondary N) is 1. The number of amides is 2. The van der Waals surface area contributed by atoms with Gasteiger partial charge in [-0.1, -0.05) is 54.6 Å². The van der Waals surface area contributed by atoms with E-state index < -0.39 is 23.5 Å². The largest absolute Gasteiger partial charge is 0.480 e. The lowest BCUT2D eigenvalue weighted by Gasteiger charge is -2.33. The molecule has 2 aromatic rings. The standard InChI is InChI=1S/C25H28N2O5/c1-4-27(25(2,3)23(29)30)22(28)14-9-15-26-24(31)32-16-21-19-12-7-5-10-17(19)18-11-6-8-13-20(18)21/h5-14,21H,4,15-16H2,1-3H3,(H,26,31)(H,29,30)/b14-9+. The highest BCUT2D eigenvalue weighted by atomic mass is 16.5. The topological polar surface area (TPSA) is 95.9 Å². The van der Waals surface area contributed by atoms with E-state index in [2.05, 4.69) is 17.4 Å². The lowest BCUT2D eigenvalue weighted by Crippen LogP contribution is -2.52. The predicted octanol–water partition coefficient (Wildman–Crippen LogP) is 3.79. The Kier molecular flexibility index (Phi) is 6.98. The minimum atomic E-state index is -1.32. The first-order chi connectivity index (χ1) is 15.3. The summed E-state index contributed by atoms with van der Waals surface area (Å²) >= 11 is 0. The fourth-order valence-electron chi connectivity index (χ4n) is 3.98. The normalized spacial score (nSPS) is 12.8. The van der Waals surface area contributed by atoms with Crippen molar-refractivity contribution in [2.24, 2.45) is 0 Å². The number of aliphatic carboxylic acids is 1. The van der Waals surface area contributed by atoms with Crippen molar-refractivity contribution < 1.29 is 24.2 Å². The third-order valence-electron chi connectivity index (χ3n) is 5.75. The number of carbonyl (C=O) groups is 3. The first-order valence-corrected chi connectivity index (χ1v) is 10.6. The van der Waals surface area contributed by atoms with E-state index in [0.717, 1.165) is 22.3 Å². The van der Waals surface area contributed by atoms with Crippen molar-refractivity contribution in [3.05, 3.63) is 71.8 Å². The van der Waals surface area contributed by atoms with Crippen LogP contribution in [0, 0.1) is 0 Å². The molecule has 7 nitrogen and oxygen atoms in total. The van der Waals surface area contributed by atoms with Crippen LogP contribution in [0.3, 0.4) is 0 Å². The van der Waals surface area contributed by atoms with E-state index in [1.54, 1.807) is 6.92 Å². The van der Waals surface area contributed by atoms with Gasteiger partial charge in [0.05, 0.1) is 0 Å².